The highest BCUT2D eigenvalue weighted by Crippen LogP contribution is 2.31. The number of rotatable bonds is 11. The molecule has 2 aromatic carbocycles. The highest BCUT2D eigenvalue weighted by atomic mass is 35.5. The maximum atomic E-state index is 13.7. The zero-order valence-electron chi connectivity index (χ0n) is 23.6. The summed E-state index contributed by atoms with van der Waals surface area (Å²) in [6.07, 6.45) is 1.47. The molecule has 8 nitrogen and oxygen atoms in total. The van der Waals surface area contributed by atoms with Gasteiger partial charge >= 0.3 is 0 Å². The van der Waals surface area contributed by atoms with Gasteiger partial charge in [0.25, 0.3) is 0 Å². The largest absolute Gasteiger partial charge is 0.492 e. The number of hydrogen-bond donors (Lipinski definition) is 1. The molecule has 10 heteroatoms. The van der Waals surface area contributed by atoms with E-state index in [1.807, 2.05) is 32.9 Å². The molecule has 1 saturated heterocycles. The Morgan fingerprint density at radius 1 is 1.00 bits per heavy atom. The predicted molar refractivity (Wildman–Crippen MR) is 157 cm³/mol. The molecule has 2 heterocycles. The molecule has 0 amide bonds. The summed E-state index contributed by atoms with van der Waals surface area (Å²) < 4.78 is 31.7. The quantitative estimate of drug-likeness (QED) is 0.324. The minimum Gasteiger partial charge on any atom is -0.492 e. The smallest absolute Gasteiger partial charge is 0.141 e. The minimum atomic E-state index is -0.620. The first-order valence-electron chi connectivity index (χ1n) is 13.6. The van der Waals surface area contributed by atoms with E-state index in [0.717, 1.165) is 31.6 Å². The third-order valence-electron chi connectivity index (χ3n) is 6.85. The molecule has 0 aliphatic carbocycles. The fourth-order valence-electron chi connectivity index (χ4n) is 4.60. The van der Waals surface area contributed by atoms with Gasteiger partial charge < -0.3 is 24.4 Å². The van der Waals surface area contributed by atoms with E-state index in [0.29, 0.717) is 61.4 Å². The van der Waals surface area contributed by atoms with Crippen molar-refractivity contribution in [1.29, 1.82) is 0 Å². The Morgan fingerprint density at radius 2 is 1.73 bits per heavy atom. The van der Waals surface area contributed by atoms with Crippen LogP contribution in [0.3, 0.4) is 0 Å². The molecule has 40 heavy (non-hydrogen) atoms. The summed E-state index contributed by atoms with van der Waals surface area (Å²) in [5.41, 5.74) is 1.38. The van der Waals surface area contributed by atoms with Crippen LogP contribution in [0.2, 0.25) is 5.02 Å². The summed E-state index contributed by atoms with van der Waals surface area (Å²) in [4.78, 5) is 13.6. The predicted octanol–water partition coefficient (Wildman–Crippen LogP) is 4.98. The first-order valence-corrected chi connectivity index (χ1v) is 14.0. The number of aromatic nitrogens is 2. The Morgan fingerprint density at radius 3 is 2.38 bits per heavy atom. The second-order valence-corrected chi connectivity index (χ2v) is 10.0. The molecule has 3 aromatic rings. The van der Waals surface area contributed by atoms with Crippen molar-refractivity contribution in [2.24, 2.45) is 0 Å². The van der Waals surface area contributed by atoms with Crippen molar-refractivity contribution in [3.05, 3.63) is 53.1 Å². The van der Waals surface area contributed by atoms with Crippen molar-refractivity contribution in [3.63, 3.8) is 0 Å². The Bertz CT molecular complexity index is 1350. The van der Waals surface area contributed by atoms with Gasteiger partial charge in [-0.15, -0.1) is 0 Å². The zero-order valence-corrected chi connectivity index (χ0v) is 24.4. The van der Waals surface area contributed by atoms with Gasteiger partial charge in [-0.2, -0.15) is 0 Å². The Hall–Kier alpha value is -3.00. The van der Waals surface area contributed by atoms with E-state index in [9.17, 15) is 4.39 Å². The van der Waals surface area contributed by atoms with Gasteiger partial charge in [0.2, 0.25) is 0 Å². The number of piperazine rings is 1. The van der Waals surface area contributed by atoms with Crippen LogP contribution < -0.4 is 10.1 Å². The van der Waals surface area contributed by atoms with Crippen LogP contribution in [-0.2, 0) is 9.47 Å². The van der Waals surface area contributed by atoms with Crippen LogP contribution in [0.1, 0.15) is 26.3 Å². The number of nitrogens with zero attached hydrogens (tertiary/aromatic N) is 4. The van der Waals surface area contributed by atoms with E-state index in [-0.39, 0.29) is 5.02 Å². The van der Waals surface area contributed by atoms with Gasteiger partial charge in [-0.05, 0) is 52.1 Å². The van der Waals surface area contributed by atoms with Gasteiger partial charge in [-0.3, -0.25) is 4.90 Å². The van der Waals surface area contributed by atoms with Crippen LogP contribution in [0.25, 0.3) is 10.9 Å². The average molecular weight is 570 g/mol. The van der Waals surface area contributed by atoms with Crippen LogP contribution in [0.5, 0.6) is 5.75 Å². The molecule has 1 aliphatic heterocycles. The van der Waals surface area contributed by atoms with Crippen molar-refractivity contribution in [3.8, 4) is 17.6 Å². The second kappa shape index (κ2) is 14.1. The summed E-state index contributed by atoms with van der Waals surface area (Å²) in [6.45, 7) is 12.0. The Labute approximate surface area is 240 Å². The standard InChI is InChI=1S/C30H37ClFN5O3/c1-5-38-19-30(20-39-6-2,37-14-12-36(4)13-15-37)11-10-22-16-24-27(18-28(22)40-7-3)33-21-34-29(24)35-23-8-9-26(32)25(31)17-23/h8-9,16-18,21H,5-7,12-15,19-20H2,1-4H3,(H,33,34,35). The third-order valence-corrected chi connectivity index (χ3v) is 7.14. The number of ether oxygens (including phenoxy) is 3. The van der Waals surface area contributed by atoms with Crippen molar-refractivity contribution in [1.82, 2.24) is 19.8 Å². The number of halogens is 2. The lowest BCUT2D eigenvalue weighted by molar-refractivity contribution is -0.0401. The third kappa shape index (κ3) is 7.19. The fourth-order valence-corrected chi connectivity index (χ4v) is 4.78. The van der Waals surface area contributed by atoms with Gasteiger partial charge in [0, 0.05) is 56.5 Å². The van der Waals surface area contributed by atoms with Crippen LogP contribution in [0.4, 0.5) is 15.9 Å². The lowest BCUT2D eigenvalue weighted by atomic mass is 9.97. The van der Waals surface area contributed by atoms with Crippen molar-refractivity contribution in [2.75, 3.05) is 71.6 Å². The van der Waals surface area contributed by atoms with Gasteiger partial charge in [-0.1, -0.05) is 23.4 Å². The molecule has 1 N–H and O–H groups in total. The molecule has 1 fully saturated rings. The van der Waals surface area contributed by atoms with E-state index in [4.69, 9.17) is 25.8 Å². The maximum absolute atomic E-state index is 13.7. The molecule has 0 atom stereocenters. The molecule has 0 bridgehead atoms. The number of likely N-dealkylation sites (N-methyl/N-ethyl adjacent to an activating group) is 1. The van der Waals surface area contributed by atoms with Crippen LogP contribution >= 0.6 is 11.6 Å². The number of benzene rings is 2. The zero-order chi connectivity index (χ0) is 28.5. The van der Waals surface area contributed by atoms with Crippen LogP contribution in [-0.4, -0.2) is 91.6 Å². The molecular weight excluding hydrogens is 533 g/mol. The van der Waals surface area contributed by atoms with Crippen LogP contribution in [0, 0.1) is 17.7 Å². The average Bonchev–Trinajstić information content (AvgIpc) is 2.96. The molecule has 0 unspecified atom stereocenters. The van der Waals surface area contributed by atoms with Crippen LogP contribution in [0.15, 0.2) is 36.7 Å². The summed E-state index contributed by atoms with van der Waals surface area (Å²) in [5.74, 6) is 7.68. The molecule has 214 valence electrons. The fraction of sp³-hybridized carbons (Fsp3) is 0.467. The normalized spacial score (nSPS) is 14.7. The number of anilines is 2. The molecular formula is C30H37ClFN5O3. The van der Waals surface area contributed by atoms with Gasteiger partial charge in [0.15, 0.2) is 0 Å². The topological polar surface area (TPSA) is 72.0 Å². The summed E-state index contributed by atoms with van der Waals surface area (Å²) in [6, 6.07) is 8.24. The highest BCUT2D eigenvalue weighted by Gasteiger charge is 2.37. The molecule has 1 aromatic heterocycles. The second-order valence-electron chi connectivity index (χ2n) is 9.62. The minimum absolute atomic E-state index is 0.0254. The van der Waals surface area contributed by atoms with Gasteiger partial charge in [0.1, 0.15) is 29.3 Å². The molecule has 1 aliphatic rings. The first kappa shape index (κ1) is 30.0. The lowest BCUT2D eigenvalue weighted by Gasteiger charge is -2.43. The summed E-state index contributed by atoms with van der Waals surface area (Å²) >= 11 is 6.00. The van der Waals surface area contributed by atoms with Crippen molar-refractivity contribution >= 4 is 34.0 Å². The van der Waals surface area contributed by atoms with E-state index < -0.39 is 11.4 Å². The van der Waals surface area contributed by atoms with E-state index in [1.165, 1.54) is 18.5 Å². The number of hydrogen-bond acceptors (Lipinski definition) is 8. The maximum Gasteiger partial charge on any atom is 0.141 e. The number of nitrogens with one attached hydrogen (secondary N) is 1. The molecule has 0 spiro atoms. The summed E-state index contributed by atoms with van der Waals surface area (Å²) in [7, 11) is 2.13. The SMILES string of the molecule is CCOCC(C#Cc1cc2c(Nc3ccc(F)c(Cl)c3)ncnc2cc1OCC)(COCC)N1CCN(C)CC1. The molecule has 0 saturated carbocycles. The van der Waals surface area contributed by atoms with Gasteiger partial charge in [-0.25, -0.2) is 14.4 Å². The summed E-state index contributed by atoms with van der Waals surface area (Å²) in [5, 5.41) is 4.00. The van der Waals surface area contributed by atoms with Crippen molar-refractivity contribution < 1.29 is 18.6 Å². The monoisotopic (exact) mass is 569 g/mol. The Kier molecular flexibility index (Phi) is 10.5. The van der Waals surface area contributed by atoms with Crippen molar-refractivity contribution in [2.45, 2.75) is 26.3 Å². The lowest BCUT2D eigenvalue weighted by Crippen LogP contribution is -2.60. The molecule has 4 rings (SSSR count). The van der Waals surface area contributed by atoms with E-state index in [1.54, 1.807) is 6.07 Å². The number of fused-ring (bicyclic) bond motifs is 1. The highest BCUT2D eigenvalue weighted by molar-refractivity contribution is 6.31. The van der Waals surface area contributed by atoms with E-state index in [2.05, 4.69) is 44.0 Å². The van der Waals surface area contributed by atoms with E-state index >= 15 is 0 Å². The van der Waals surface area contributed by atoms with Gasteiger partial charge in [0.05, 0.1) is 35.9 Å². The molecule has 0 radical (unpaired) electrons. The Balaban J connectivity index is 1.79. The first-order chi connectivity index (χ1) is 19.4.